The van der Waals surface area contributed by atoms with Crippen LogP contribution in [-0.2, 0) is 9.53 Å². The van der Waals surface area contributed by atoms with Gasteiger partial charge in [-0.05, 0) is 44.9 Å². The maximum absolute atomic E-state index is 11.8. The SMILES string of the molecule is CN1C2CCC1CC(OC(=O)COc1ccccc1)C2. The van der Waals surface area contributed by atoms with Crippen LogP contribution in [0.15, 0.2) is 30.3 Å². The Labute approximate surface area is 119 Å². The Morgan fingerprint density at radius 2 is 1.85 bits per heavy atom. The third-order valence-corrected chi connectivity index (χ3v) is 4.45. The lowest BCUT2D eigenvalue weighted by Gasteiger charge is -2.35. The topological polar surface area (TPSA) is 38.8 Å². The average Bonchev–Trinajstić information content (AvgIpc) is 2.68. The van der Waals surface area contributed by atoms with E-state index < -0.39 is 0 Å². The highest BCUT2D eigenvalue weighted by molar-refractivity contribution is 5.71. The van der Waals surface area contributed by atoms with Crippen molar-refractivity contribution in [2.75, 3.05) is 13.7 Å². The van der Waals surface area contributed by atoms with Gasteiger partial charge in [0.15, 0.2) is 6.61 Å². The number of piperidine rings is 1. The molecule has 0 aromatic heterocycles. The number of hydrogen-bond donors (Lipinski definition) is 0. The predicted molar refractivity (Wildman–Crippen MR) is 75.6 cm³/mol. The van der Waals surface area contributed by atoms with E-state index in [-0.39, 0.29) is 18.7 Å². The number of ether oxygens (including phenoxy) is 2. The lowest BCUT2D eigenvalue weighted by molar-refractivity contribution is -0.154. The summed E-state index contributed by atoms with van der Waals surface area (Å²) in [6.45, 7) is -0.00825. The molecule has 2 bridgehead atoms. The molecule has 4 heteroatoms. The Hall–Kier alpha value is -1.55. The molecular formula is C16H21NO3. The molecule has 2 unspecified atom stereocenters. The third kappa shape index (κ3) is 2.96. The predicted octanol–water partition coefficient (Wildman–Crippen LogP) is 2.23. The Kier molecular flexibility index (Phi) is 3.92. The third-order valence-electron chi connectivity index (χ3n) is 4.45. The van der Waals surface area contributed by atoms with Crippen molar-refractivity contribution in [1.29, 1.82) is 0 Å². The molecule has 0 spiro atoms. The van der Waals surface area contributed by atoms with Gasteiger partial charge < -0.3 is 14.4 Å². The summed E-state index contributed by atoms with van der Waals surface area (Å²) >= 11 is 0. The summed E-state index contributed by atoms with van der Waals surface area (Å²) in [6, 6.07) is 10.5. The molecule has 2 aliphatic rings. The summed E-state index contributed by atoms with van der Waals surface area (Å²) in [5, 5.41) is 0. The largest absolute Gasteiger partial charge is 0.482 e. The zero-order valence-corrected chi connectivity index (χ0v) is 11.8. The fraction of sp³-hybridized carbons (Fsp3) is 0.562. The molecule has 1 aromatic rings. The van der Waals surface area contributed by atoms with Crippen LogP contribution in [0, 0.1) is 0 Å². The van der Waals surface area contributed by atoms with Crippen LogP contribution in [-0.4, -0.2) is 42.7 Å². The van der Waals surface area contributed by atoms with Crippen LogP contribution in [0.25, 0.3) is 0 Å². The number of para-hydroxylation sites is 1. The fourth-order valence-corrected chi connectivity index (χ4v) is 3.34. The van der Waals surface area contributed by atoms with Crippen LogP contribution in [0.1, 0.15) is 25.7 Å². The fourth-order valence-electron chi connectivity index (χ4n) is 3.34. The van der Waals surface area contributed by atoms with Gasteiger partial charge in [-0.25, -0.2) is 4.79 Å². The highest BCUT2D eigenvalue weighted by Crippen LogP contribution is 2.35. The number of esters is 1. The molecule has 0 aliphatic carbocycles. The van der Waals surface area contributed by atoms with Crippen LogP contribution >= 0.6 is 0 Å². The molecule has 0 N–H and O–H groups in total. The molecule has 108 valence electrons. The number of nitrogens with zero attached hydrogens (tertiary/aromatic N) is 1. The first-order valence-corrected chi connectivity index (χ1v) is 7.31. The molecular weight excluding hydrogens is 254 g/mol. The standard InChI is InChI=1S/C16H21NO3/c1-17-12-7-8-13(17)10-15(9-12)20-16(18)11-19-14-5-3-2-4-6-14/h2-6,12-13,15H,7-11H2,1H3. The maximum atomic E-state index is 11.8. The van der Waals surface area contributed by atoms with E-state index in [1.807, 2.05) is 30.3 Å². The summed E-state index contributed by atoms with van der Waals surface area (Å²) in [5.74, 6) is 0.440. The minimum Gasteiger partial charge on any atom is -0.482 e. The van der Waals surface area contributed by atoms with Gasteiger partial charge in [0.1, 0.15) is 11.9 Å². The normalized spacial score (nSPS) is 29.1. The molecule has 3 rings (SSSR count). The lowest BCUT2D eigenvalue weighted by atomic mass is 10.0. The molecule has 2 aliphatic heterocycles. The molecule has 2 atom stereocenters. The molecule has 2 heterocycles. The Balaban J connectivity index is 1.45. The molecule has 0 radical (unpaired) electrons. The van der Waals surface area contributed by atoms with Gasteiger partial charge in [-0.1, -0.05) is 18.2 Å². The number of rotatable bonds is 4. The molecule has 2 saturated heterocycles. The minimum absolute atomic E-state index is 0.00825. The van der Waals surface area contributed by atoms with E-state index in [0.717, 1.165) is 12.8 Å². The van der Waals surface area contributed by atoms with E-state index in [9.17, 15) is 4.79 Å². The summed E-state index contributed by atoms with van der Waals surface area (Å²) < 4.78 is 11.0. The number of fused-ring (bicyclic) bond motifs is 2. The van der Waals surface area contributed by atoms with Crippen LogP contribution in [0.2, 0.25) is 0 Å². The highest BCUT2D eigenvalue weighted by Gasteiger charge is 2.39. The average molecular weight is 275 g/mol. The second-order valence-electron chi connectivity index (χ2n) is 5.74. The van der Waals surface area contributed by atoms with Gasteiger partial charge in [0.2, 0.25) is 0 Å². The van der Waals surface area contributed by atoms with Crippen LogP contribution < -0.4 is 4.74 Å². The van der Waals surface area contributed by atoms with Crippen molar-refractivity contribution < 1.29 is 14.3 Å². The van der Waals surface area contributed by atoms with E-state index >= 15 is 0 Å². The Morgan fingerprint density at radius 1 is 1.20 bits per heavy atom. The van der Waals surface area contributed by atoms with Gasteiger partial charge >= 0.3 is 5.97 Å². The number of carbonyl (C=O) groups is 1. The van der Waals surface area contributed by atoms with Crippen molar-refractivity contribution in [1.82, 2.24) is 4.90 Å². The molecule has 1 aromatic carbocycles. The minimum atomic E-state index is -0.261. The highest BCUT2D eigenvalue weighted by atomic mass is 16.6. The zero-order chi connectivity index (χ0) is 13.9. The van der Waals surface area contributed by atoms with Gasteiger partial charge in [0.25, 0.3) is 0 Å². The first-order valence-electron chi connectivity index (χ1n) is 7.31. The van der Waals surface area contributed by atoms with Gasteiger partial charge in [-0.3, -0.25) is 0 Å². The molecule has 4 nitrogen and oxygen atoms in total. The monoisotopic (exact) mass is 275 g/mol. The van der Waals surface area contributed by atoms with Gasteiger partial charge in [0, 0.05) is 12.1 Å². The number of benzene rings is 1. The van der Waals surface area contributed by atoms with Crippen LogP contribution in [0.5, 0.6) is 5.75 Å². The first-order chi connectivity index (χ1) is 9.72. The van der Waals surface area contributed by atoms with Crippen molar-refractivity contribution in [3.8, 4) is 5.75 Å². The second kappa shape index (κ2) is 5.83. The summed E-state index contributed by atoms with van der Waals surface area (Å²) in [7, 11) is 2.18. The van der Waals surface area contributed by atoms with Crippen molar-refractivity contribution in [3.05, 3.63) is 30.3 Å². The Morgan fingerprint density at radius 3 is 2.50 bits per heavy atom. The molecule has 0 amide bonds. The summed E-state index contributed by atoms with van der Waals surface area (Å²) in [6.07, 6.45) is 4.45. The molecule has 20 heavy (non-hydrogen) atoms. The number of hydrogen-bond acceptors (Lipinski definition) is 4. The summed E-state index contributed by atoms with van der Waals surface area (Å²) in [4.78, 5) is 14.3. The first kappa shape index (κ1) is 13.4. The van der Waals surface area contributed by atoms with E-state index in [2.05, 4.69) is 11.9 Å². The molecule has 2 fully saturated rings. The van der Waals surface area contributed by atoms with Gasteiger partial charge in [0.05, 0.1) is 0 Å². The van der Waals surface area contributed by atoms with E-state index in [4.69, 9.17) is 9.47 Å². The van der Waals surface area contributed by atoms with Crippen molar-refractivity contribution in [2.24, 2.45) is 0 Å². The van der Waals surface area contributed by atoms with Crippen LogP contribution in [0.3, 0.4) is 0 Å². The maximum Gasteiger partial charge on any atom is 0.344 e. The van der Waals surface area contributed by atoms with Crippen molar-refractivity contribution >= 4 is 5.97 Å². The van der Waals surface area contributed by atoms with E-state index in [1.54, 1.807) is 0 Å². The van der Waals surface area contributed by atoms with Gasteiger partial charge in [-0.2, -0.15) is 0 Å². The van der Waals surface area contributed by atoms with Crippen molar-refractivity contribution in [2.45, 2.75) is 43.9 Å². The van der Waals surface area contributed by atoms with E-state index in [0.29, 0.717) is 17.8 Å². The van der Waals surface area contributed by atoms with E-state index in [1.165, 1.54) is 12.8 Å². The van der Waals surface area contributed by atoms with Gasteiger partial charge in [-0.15, -0.1) is 0 Å². The zero-order valence-electron chi connectivity index (χ0n) is 11.8. The number of carbonyl (C=O) groups excluding carboxylic acids is 1. The lowest BCUT2D eigenvalue weighted by Crippen LogP contribution is -2.43. The molecule has 0 saturated carbocycles. The summed E-state index contributed by atoms with van der Waals surface area (Å²) in [5.41, 5.74) is 0. The quantitative estimate of drug-likeness (QED) is 0.790. The second-order valence-corrected chi connectivity index (χ2v) is 5.74. The smallest absolute Gasteiger partial charge is 0.344 e. The Bertz CT molecular complexity index is 448. The van der Waals surface area contributed by atoms with Crippen molar-refractivity contribution in [3.63, 3.8) is 0 Å². The van der Waals surface area contributed by atoms with Crippen LogP contribution in [0.4, 0.5) is 0 Å².